The van der Waals surface area contributed by atoms with Crippen molar-refractivity contribution in [3.05, 3.63) is 47.8 Å². The van der Waals surface area contributed by atoms with Gasteiger partial charge in [-0.1, -0.05) is 30.3 Å². The molecule has 1 fully saturated rings. The molecular formula is C17H25ClN4O2S. The zero-order valence-corrected chi connectivity index (χ0v) is 16.2. The average molecular weight is 385 g/mol. The molecule has 2 aromatic rings. The van der Waals surface area contributed by atoms with Gasteiger partial charge in [-0.2, -0.15) is 5.10 Å². The number of aryl methyl sites for hydroxylation is 2. The van der Waals surface area contributed by atoms with Crippen molar-refractivity contribution < 1.29 is 8.42 Å². The SMILES string of the molecule is Cc1nn(C)cc1S(=O)(=O)NCCN1CCC(c2ccccc2)C1.Cl. The number of likely N-dealkylation sites (tertiary alicyclic amines) is 1. The molecule has 0 radical (unpaired) electrons. The molecule has 1 aromatic carbocycles. The van der Waals surface area contributed by atoms with E-state index in [-0.39, 0.29) is 17.3 Å². The Bertz CT molecular complexity index is 792. The number of benzene rings is 1. The van der Waals surface area contributed by atoms with Crippen LogP contribution in [-0.4, -0.2) is 49.3 Å². The van der Waals surface area contributed by atoms with E-state index in [0.717, 1.165) is 26.1 Å². The molecule has 1 aliphatic rings. The summed E-state index contributed by atoms with van der Waals surface area (Å²) in [6.07, 6.45) is 2.66. The van der Waals surface area contributed by atoms with Gasteiger partial charge in [-0.3, -0.25) is 4.68 Å². The van der Waals surface area contributed by atoms with E-state index >= 15 is 0 Å². The van der Waals surface area contributed by atoms with E-state index in [2.05, 4.69) is 39.0 Å². The lowest BCUT2D eigenvalue weighted by Gasteiger charge is -2.16. The minimum atomic E-state index is -3.49. The second-order valence-electron chi connectivity index (χ2n) is 6.35. The molecule has 0 spiro atoms. The summed E-state index contributed by atoms with van der Waals surface area (Å²) in [4.78, 5) is 2.57. The van der Waals surface area contributed by atoms with E-state index in [1.165, 1.54) is 10.2 Å². The number of nitrogens with zero attached hydrogens (tertiary/aromatic N) is 3. The highest BCUT2D eigenvalue weighted by Gasteiger charge is 2.24. The van der Waals surface area contributed by atoms with E-state index in [9.17, 15) is 8.42 Å². The fraction of sp³-hybridized carbons (Fsp3) is 0.471. The first-order chi connectivity index (χ1) is 11.5. The van der Waals surface area contributed by atoms with Crippen LogP contribution in [0, 0.1) is 6.92 Å². The van der Waals surface area contributed by atoms with Crippen molar-refractivity contribution in [3.63, 3.8) is 0 Å². The summed E-state index contributed by atoms with van der Waals surface area (Å²) in [6.45, 7) is 4.84. The summed E-state index contributed by atoms with van der Waals surface area (Å²) in [5, 5.41) is 4.09. The highest BCUT2D eigenvalue weighted by molar-refractivity contribution is 7.89. The lowest BCUT2D eigenvalue weighted by molar-refractivity contribution is 0.339. The van der Waals surface area contributed by atoms with Crippen LogP contribution in [0.4, 0.5) is 0 Å². The molecule has 25 heavy (non-hydrogen) atoms. The maximum absolute atomic E-state index is 12.3. The van der Waals surface area contributed by atoms with E-state index in [0.29, 0.717) is 18.2 Å². The fourth-order valence-electron chi connectivity index (χ4n) is 3.29. The third-order valence-electron chi connectivity index (χ3n) is 4.52. The van der Waals surface area contributed by atoms with Gasteiger partial charge in [-0.25, -0.2) is 13.1 Å². The molecule has 3 rings (SSSR count). The lowest BCUT2D eigenvalue weighted by atomic mass is 9.99. The highest BCUT2D eigenvalue weighted by Crippen LogP contribution is 2.26. The van der Waals surface area contributed by atoms with Crippen LogP contribution in [0.2, 0.25) is 0 Å². The second kappa shape index (κ2) is 8.31. The number of aromatic nitrogens is 2. The largest absolute Gasteiger partial charge is 0.301 e. The van der Waals surface area contributed by atoms with Crippen molar-refractivity contribution in [3.8, 4) is 0 Å². The maximum atomic E-state index is 12.3. The van der Waals surface area contributed by atoms with Crippen molar-refractivity contribution >= 4 is 22.4 Å². The number of sulfonamides is 1. The first kappa shape index (κ1) is 19.9. The van der Waals surface area contributed by atoms with E-state index in [1.54, 1.807) is 20.2 Å². The standard InChI is InChI=1S/C17H24N4O2S.ClH/c1-14-17(13-20(2)19-14)24(22,23)18-9-11-21-10-8-16(12-21)15-6-4-3-5-7-15;/h3-7,13,16,18H,8-12H2,1-2H3;1H. The summed E-state index contributed by atoms with van der Waals surface area (Å²) >= 11 is 0. The Morgan fingerprint density at radius 1 is 1.28 bits per heavy atom. The van der Waals surface area contributed by atoms with E-state index < -0.39 is 10.0 Å². The van der Waals surface area contributed by atoms with Gasteiger partial charge in [0.15, 0.2) is 0 Å². The van der Waals surface area contributed by atoms with Gasteiger partial charge in [0, 0.05) is 32.9 Å². The lowest BCUT2D eigenvalue weighted by Crippen LogP contribution is -2.34. The van der Waals surface area contributed by atoms with E-state index in [1.807, 2.05) is 6.07 Å². The normalized spacial score (nSPS) is 18.2. The smallest absolute Gasteiger partial charge is 0.244 e. The molecular weight excluding hydrogens is 360 g/mol. The Balaban J connectivity index is 0.00000225. The molecule has 0 saturated carbocycles. The molecule has 1 unspecified atom stereocenters. The monoisotopic (exact) mass is 384 g/mol. The van der Waals surface area contributed by atoms with Crippen molar-refractivity contribution in [2.75, 3.05) is 26.2 Å². The van der Waals surface area contributed by atoms with Gasteiger partial charge in [0.05, 0.1) is 5.69 Å². The average Bonchev–Trinajstić information content (AvgIpc) is 3.15. The van der Waals surface area contributed by atoms with Crippen LogP contribution in [0.3, 0.4) is 0 Å². The topological polar surface area (TPSA) is 67.2 Å². The summed E-state index contributed by atoms with van der Waals surface area (Å²) in [5.41, 5.74) is 1.89. The third-order valence-corrected chi connectivity index (χ3v) is 6.09. The van der Waals surface area contributed by atoms with Crippen molar-refractivity contribution in [1.29, 1.82) is 0 Å². The van der Waals surface area contributed by atoms with Crippen molar-refractivity contribution in [2.24, 2.45) is 7.05 Å². The molecule has 1 saturated heterocycles. The minimum absolute atomic E-state index is 0. The van der Waals surface area contributed by atoms with Gasteiger partial charge in [-0.15, -0.1) is 12.4 Å². The Morgan fingerprint density at radius 2 is 2.00 bits per heavy atom. The maximum Gasteiger partial charge on any atom is 0.244 e. The zero-order chi connectivity index (χ0) is 17.2. The van der Waals surface area contributed by atoms with Crippen LogP contribution >= 0.6 is 12.4 Å². The Labute approximate surface area is 155 Å². The molecule has 6 nitrogen and oxygen atoms in total. The molecule has 8 heteroatoms. The quantitative estimate of drug-likeness (QED) is 0.826. The Morgan fingerprint density at radius 3 is 2.64 bits per heavy atom. The summed E-state index contributed by atoms with van der Waals surface area (Å²) < 4.78 is 28.9. The molecule has 138 valence electrons. The molecule has 0 bridgehead atoms. The molecule has 0 amide bonds. The van der Waals surface area contributed by atoms with Gasteiger partial charge in [0.25, 0.3) is 0 Å². The van der Waals surface area contributed by atoms with Crippen LogP contribution in [-0.2, 0) is 17.1 Å². The van der Waals surface area contributed by atoms with Gasteiger partial charge < -0.3 is 4.90 Å². The fourth-order valence-corrected chi connectivity index (χ4v) is 4.53. The predicted molar refractivity (Wildman–Crippen MR) is 101 cm³/mol. The first-order valence-electron chi connectivity index (χ1n) is 8.23. The Kier molecular flexibility index (Phi) is 6.62. The van der Waals surface area contributed by atoms with Crippen LogP contribution in [0.25, 0.3) is 0 Å². The Hall–Kier alpha value is -1.41. The number of rotatable bonds is 6. The number of nitrogens with one attached hydrogen (secondary N) is 1. The molecule has 2 heterocycles. The first-order valence-corrected chi connectivity index (χ1v) is 9.71. The number of hydrogen-bond donors (Lipinski definition) is 1. The summed E-state index contributed by atoms with van der Waals surface area (Å²) in [7, 11) is -1.77. The summed E-state index contributed by atoms with van der Waals surface area (Å²) in [5.74, 6) is 0.545. The number of hydrogen-bond acceptors (Lipinski definition) is 4. The van der Waals surface area contributed by atoms with Crippen molar-refractivity contribution in [2.45, 2.75) is 24.2 Å². The van der Waals surface area contributed by atoms with E-state index in [4.69, 9.17) is 0 Å². The summed E-state index contributed by atoms with van der Waals surface area (Å²) in [6, 6.07) is 10.5. The van der Waals surface area contributed by atoms with Gasteiger partial charge in [-0.05, 0) is 31.4 Å². The third kappa shape index (κ3) is 4.82. The predicted octanol–water partition coefficient (Wildman–Crippen LogP) is 1.92. The minimum Gasteiger partial charge on any atom is -0.301 e. The van der Waals surface area contributed by atoms with Crippen LogP contribution in [0.15, 0.2) is 41.4 Å². The number of halogens is 1. The molecule has 1 aliphatic heterocycles. The molecule has 0 aliphatic carbocycles. The molecule has 1 atom stereocenters. The molecule has 1 N–H and O–H groups in total. The van der Waals surface area contributed by atoms with Crippen LogP contribution in [0.5, 0.6) is 0 Å². The zero-order valence-electron chi connectivity index (χ0n) is 14.6. The van der Waals surface area contributed by atoms with Gasteiger partial charge in [0.2, 0.25) is 10.0 Å². The molecule has 1 aromatic heterocycles. The van der Waals surface area contributed by atoms with Crippen LogP contribution in [0.1, 0.15) is 23.6 Å². The highest BCUT2D eigenvalue weighted by atomic mass is 35.5. The van der Waals surface area contributed by atoms with Crippen molar-refractivity contribution in [1.82, 2.24) is 19.4 Å². The van der Waals surface area contributed by atoms with Crippen LogP contribution < -0.4 is 4.72 Å². The van der Waals surface area contributed by atoms with Gasteiger partial charge >= 0.3 is 0 Å². The van der Waals surface area contributed by atoms with Gasteiger partial charge in [0.1, 0.15) is 4.90 Å². The second-order valence-corrected chi connectivity index (χ2v) is 8.08.